The number of pyridine rings is 1. The van der Waals surface area contributed by atoms with E-state index in [1.807, 2.05) is 0 Å². The Balaban J connectivity index is 2.44. The third kappa shape index (κ3) is 3.46. The summed E-state index contributed by atoms with van der Waals surface area (Å²) in [5.41, 5.74) is 0.467. The number of halogens is 1. The Hall–Kier alpha value is -0.900. The second-order valence-corrected chi connectivity index (χ2v) is 3.83. The average Bonchev–Trinajstić information content (AvgIpc) is 2.26. The molecular weight excluding hydrogens is 244 g/mol. The van der Waals surface area contributed by atoms with Crippen molar-refractivity contribution >= 4 is 21.8 Å². The van der Waals surface area contributed by atoms with Crippen molar-refractivity contribution < 1.29 is 4.79 Å². The summed E-state index contributed by atoms with van der Waals surface area (Å²) < 4.78 is 0. The van der Waals surface area contributed by atoms with Crippen LogP contribution in [0.5, 0.6) is 0 Å². The summed E-state index contributed by atoms with van der Waals surface area (Å²) in [6.07, 6.45) is 1.61. The quantitative estimate of drug-likeness (QED) is 0.836. The molecule has 1 N–H and O–H groups in total. The Labute approximate surface area is 92.1 Å². The van der Waals surface area contributed by atoms with E-state index in [0.29, 0.717) is 18.2 Å². The van der Waals surface area contributed by atoms with E-state index in [1.165, 1.54) is 0 Å². The van der Waals surface area contributed by atoms with Crippen molar-refractivity contribution in [3.8, 4) is 0 Å². The molecule has 0 aliphatic rings. The molecule has 0 fully saturated rings. The summed E-state index contributed by atoms with van der Waals surface area (Å²) in [5.74, 6) is 0.320. The fourth-order valence-corrected chi connectivity index (χ4v) is 1.14. The van der Waals surface area contributed by atoms with Gasteiger partial charge in [0.15, 0.2) is 0 Å². The van der Waals surface area contributed by atoms with Gasteiger partial charge in [0.25, 0.3) is 5.91 Å². The highest BCUT2D eigenvalue weighted by Gasteiger charge is 2.06. The maximum Gasteiger partial charge on any atom is 0.269 e. The van der Waals surface area contributed by atoms with Crippen LogP contribution in [0.2, 0.25) is 0 Å². The largest absolute Gasteiger partial charge is 0.350 e. The number of rotatable bonds is 4. The van der Waals surface area contributed by atoms with Gasteiger partial charge in [-0.3, -0.25) is 9.78 Å². The van der Waals surface area contributed by atoms with E-state index in [9.17, 15) is 4.79 Å². The van der Waals surface area contributed by atoms with Gasteiger partial charge in [-0.2, -0.15) is 0 Å². The van der Waals surface area contributed by atoms with Crippen LogP contribution in [0.25, 0.3) is 0 Å². The molecule has 1 unspecified atom stereocenters. The number of nitrogens with zero attached hydrogens (tertiary/aromatic N) is 1. The number of nitrogens with one attached hydrogen (secondary N) is 1. The SMILES string of the molecule is CC(CBr)CNC(=O)c1ccccn1. The van der Waals surface area contributed by atoms with E-state index in [4.69, 9.17) is 0 Å². The first-order chi connectivity index (χ1) is 6.74. The molecule has 0 aromatic carbocycles. The molecule has 0 saturated carbocycles. The topological polar surface area (TPSA) is 42.0 Å². The van der Waals surface area contributed by atoms with Gasteiger partial charge in [0, 0.05) is 18.1 Å². The Morgan fingerprint density at radius 3 is 3.00 bits per heavy atom. The Kier molecular flexibility index (Phi) is 4.59. The smallest absolute Gasteiger partial charge is 0.269 e. The van der Waals surface area contributed by atoms with Crippen LogP contribution in [0.4, 0.5) is 0 Å². The molecule has 1 aromatic heterocycles. The minimum absolute atomic E-state index is 0.113. The Morgan fingerprint density at radius 2 is 2.43 bits per heavy atom. The van der Waals surface area contributed by atoms with Gasteiger partial charge < -0.3 is 5.32 Å². The zero-order valence-electron chi connectivity index (χ0n) is 8.03. The number of carbonyl (C=O) groups excluding carboxylic acids is 1. The van der Waals surface area contributed by atoms with Crippen molar-refractivity contribution in [2.24, 2.45) is 5.92 Å². The van der Waals surface area contributed by atoms with Gasteiger partial charge in [-0.15, -0.1) is 0 Å². The van der Waals surface area contributed by atoms with E-state index in [2.05, 4.69) is 33.2 Å². The first kappa shape index (κ1) is 11.2. The number of carbonyl (C=O) groups is 1. The third-order valence-corrected chi connectivity index (χ3v) is 2.88. The molecular formula is C10H13BrN2O. The standard InChI is InChI=1S/C10H13BrN2O/c1-8(6-11)7-13-10(14)9-4-2-3-5-12-9/h2-5,8H,6-7H2,1H3,(H,13,14). The van der Waals surface area contributed by atoms with Crippen LogP contribution >= 0.6 is 15.9 Å². The van der Waals surface area contributed by atoms with E-state index in [-0.39, 0.29) is 5.91 Å². The molecule has 0 aliphatic heterocycles. The molecule has 1 aromatic rings. The molecule has 0 radical (unpaired) electrons. The monoisotopic (exact) mass is 256 g/mol. The van der Waals surface area contributed by atoms with Crippen molar-refractivity contribution in [1.29, 1.82) is 0 Å². The number of hydrogen-bond acceptors (Lipinski definition) is 2. The van der Waals surface area contributed by atoms with Gasteiger partial charge in [-0.25, -0.2) is 0 Å². The molecule has 1 atom stereocenters. The number of amides is 1. The summed E-state index contributed by atoms with van der Waals surface area (Å²) in [5, 5.41) is 3.70. The van der Waals surface area contributed by atoms with E-state index in [0.717, 1.165) is 5.33 Å². The molecule has 0 bridgehead atoms. The third-order valence-electron chi connectivity index (χ3n) is 1.77. The van der Waals surface area contributed by atoms with Crippen molar-refractivity contribution in [1.82, 2.24) is 10.3 Å². The molecule has 0 saturated heterocycles. The lowest BCUT2D eigenvalue weighted by molar-refractivity contribution is 0.0944. The van der Waals surface area contributed by atoms with Crippen LogP contribution in [0.3, 0.4) is 0 Å². The number of aromatic nitrogens is 1. The summed E-state index contributed by atoms with van der Waals surface area (Å²) in [6, 6.07) is 5.29. The Morgan fingerprint density at radius 1 is 1.64 bits per heavy atom. The summed E-state index contributed by atoms with van der Waals surface area (Å²) in [7, 11) is 0. The first-order valence-electron chi connectivity index (χ1n) is 4.49. The van der Waals surface area contributed by atoms with Gasteiger partial charge in [-0.05, 0) is 18.1 Å². The zero-order valence-corrected chi connectivity index (χ0v) is 9.62. The van der Waals surface area contributed by atoms with Gasteiger partial charge >= 0.3 is 0 Å². The molecule has 4 heteroatoms. The second kappa shape index (κ2) is 5.75. The lowest BCUT2D eigenvalue weighted by Gasteiger charge is -2.08. The van der Waals surface area contributed by atoms with Crippen LogP contribution < -0.4 is 5.32 Å². The first-order valence-corrected chi connectivity index (χ1v) is 5.61. The van der Waals surface area contributed by atoms with Crippen LogP contribution in [0.15, 0.2) is 24.4 Å². The second-order valence-electron chi connectivity index (χ2n) is 3.18. The minimum atomic E-state index is -0.113. The van der Waals surface area contributed by atoms with E-state index >= 15 is 0 Å². The van der Waals surface area contributed by atoms with Crippen LogP contribution in [-0.4, -0.2) is 22.8 Å². The maximum atomic E-state index is 11.5. The van der Waals surface area contributed by atoms with Crippen molar-refractivity contribution in [2.45, 2.75) is 6.92 Å². The van der Waals surface area contributed by atoms with Crippen LogP contribution in [-0.2, 0) is 0 Å². The van der Waals surface area contributed by atoms with Crippen molar-refractivity contribution in [2.75, 3.05) is 11.9 Å². The molecule has 76 valence electrons. The molecule has 14 heavy (non-hydrogen) atoms. The van der Waals surface area contributed by atoms with Crippen LogP contribution in [0, 0.1) is 5.92 Å². The molecule has 1 rings (SSSR count). The molecule has 3 nitrogen and oxygen atoms in total. The highest BCUT2D eigenvalue weighted by molar-refractivity contribution is 9.09. The van der Waals surface area contributed by atoms with Crippen molar-refractivity contribution in [3.63, 3.8) is 0 Å². The highest BCUT2D eigenvalue weighted by atomic mass is 79.9. The number of hydrogen-bond donors (Lipinski definition) is 1. The summed E-state index contributed by atoms with van der Waals surface area (Å²) in [4.78, 5) is 15.4. The zero-order chi connectivity index (χ0) is 10.4. The van der Waals surface area contributed by atoms with E-state index < -0.39 is 0 Å². The number of alkyl halides is 1. The fourth-order valence-electron chi connectivity index (χ4n) is 0.909. The minimum Gasteiger partial charge on any atom is -0.350 e. The normalized spacial score (nSPS) is 12.1. The van der Waals surface area contributed by atoms with Gasteiger partial charge in [0.2, 0.25) is 0 Å². The predicted octanol–water partition coefficient (Wildman–Crippen LogP) is 1.84. The fraction of sp³-hybridized carbons (Fsp3) is 0.400. The van der Waals surface area contributed by atoms with Crippen LogP contribution in [0.1, 0.15) is 17.4 Å². The average molecular weight is 257 g/mol. The molecule has 1 amide bonds. The lowest BCUT2D eigenvalue weighted by atomic mass is 10.2. The Bertz CT molecular complexity index is 289. The molecule has 0 spiro atoms. The predicted molar refractivity (Wildman–Crippen MR) is 59.5 cm³/mol. The molecule has 0 aliphatic carbocycles. The van der Waals surface area contributed by atoms with Gasteiger partial charge in [-0.1, -0.05) is 28.9 Å². The van der Waals surface area contributed by atoms with E-state index in [1.54, 1.807) is 24.4 Å². The lowest BCUT2D eigenvalue weighted by Crippen LogP contribution is -2.29. The van der Waals surface area contributed by atoms with Gasteiger partial charge in [0.1, 0.15) is 5.69 Å². The van der Waals surface area contributed by atoms with Crippen molar-refractivity contribution in [3.05, 3.63) is 30.1 Å². The maximum absolute atomic E-state index is 11.5. The van der Waals surface area contributed by atoms with Gasteiger partial charge in [0.05, 0.1) is 0 Å². The summed E-state index contributed by atoms with van der Waals surface area (Å²) in [6.45, 7) is 2.73. The summed E-state index contributed by atoms with van der Waals surface area (Å²) >= 11 is 3.35. The molecule has 1 heterocycles. The highest BCUT2D eigenvalue weighted by Crippen LogP contribution is 1.98.